The molecule has 1 fully saturated rings. The third-order valence-corrected chi connectivity index (χ3v) is 6.29. The SMILES string of the molecule is O=C(Nc1cncc(-c2cnc3[nH]nc(-c4nc5c(-c6cccnc6)ccnc5[nH]4)c3c2)c1)C1CC1. The first kappa shape index (κ1) is 20.4. The number of hydrogen-bond donors (Lipinski definition) is 3. The molecule has 0 atom stereocenters. The lowest BCUT2D eigenvalue weighted by molar-refractivity contribution is -0.117. The van der Waals surface area contributed by atoms with Gasteiger partial charge in [-0.05, 0) is 37.1 Å². The van der Waals surface area contributed by atoms with Gasteiger partial charge in [-0.1, -0.05) is 6.07 Å². The minimum absolute atomic E-state index is 0.0452. The molecule has 3 N–H and O–H groups in total. The lowest BCUT2D eigenvalue weighted by atomic mass is 10.1. The number of fused-ring (bicyclic) bond motifs is 2. The molecule has 6 heterocycles. The van der Waals surface area contributed by atoms with Crippen molar-refractivity contribution in [1.82, 2.24) is 40.1 Å². The summed E-state index contributed by atoms with van der Waals surface area (Å²) in [6.07, 6.45) is 12.4. The summed E-state index contributed by atoms with van der Waals surface area (Å²) in [5, 5.41) is 11.2. The molecule has 1 aliphatic rings. The molecule has 0 spiro atoms. The molecule has 10 nitrogen and oxygen atoms in total. The Hall–Kier alpha value is -4.99. The van der Waals surface area contributed by atoms with E-state index in [4.69, 9.17) is 4.98 Å². The fraction of sp³-hybridized carbons (Fsp3) is 0.115. The molecule has 7 rings (SSSR count). The van der Waals surface area contributed by atoms with Crippen molar-refractivity contribution in [2.24, 2.45) is 5.92 Å². The second-order valence-electron chi connectivity index (χ2n) is 8.80. The van der Waals surface area contributed by atoms with E-state index in [0.29, 0.717) is 28.5 Å². The number of H-pyrrole nitrogens is 2. The number of rotatable bonds is 5. The molecule has 6 aromatic heterocycles. The molecular formula is C26H19N9O. The largest absolute Gasteiger partial charge is 0.324 e. The lowest BCUT2D eigenvalue weighted by Crippen LogP contribution is -2.13. The van der Waals surface area contributed by atoms with Gasteiger partial charge in [0, 0.05) is 59.2 Å². The summed E-state index contributed by atoms with van der Waals surface area (Å²) >= 11 is 0. The highest BCUT2D eigenvalue weighted by molar-refractivity contribution is 5.97. The molecule has 174 valence electrons. The Morgan fingerprint density at radius 3 is 2.67 bits per heavy atom. The number of carbonyl (C=O) groups is 1. The number of hydrogen-bond acceptors (Lipinski definition) is 7. The molecule has 0 saturated heterocycles. The molecule has 0 radical (unpaired) electrons. The van der Waals surface area contributed by atoms with Gasteiger partial charge in [0.15, 0.2) is 17.1 Å². The zero-order valence-corrected chi connectivity index (χ0v) is 18.9. The Bertz CT molecular complexity index is 1750. The van der Waals surface area contributed by atoms with Gasteiger partial charge in [0.25, 0.3) is 0 Å². The van der Waals surface area contributed by atoms with Crippen molar-refractivity contribution in [1.29, 1.82) is 0 Å². The van der Waals surface area contributed by atoms with E-state index in [1.807, 2.05) is 30.3 Å². The van der Waals surface area contributed by atoms with Crippen molar-refractivity contribution in [3.05, 3.63) is 67.5 Å². The van der Waals surface area contributed by atoms with Crippen LogP contribution in [0.15, 0.2) is 67.5 Å². The van der Waals surface area contributed by atoms with Gasteiger partial charge >= 0.3 is 0 Å². The van der Waals surface area contributed by atoms with Crippen molar-refractivity contribution in [2.75, 3.05) is 5.32 Å². The standard InChI is InChI=1S/C26H19N9O/c36-26(14-3-4-14)31-18-8-16(11-28-13-18)17-9-20-22(34-35-23(20)30-12-17)25-32-21-19(5-7-29-24(21)33-25)15-2-1-6-27-10-15/h1-2,5-14H,3-4H2,(H,31,36)(H,29,32,33)(H,30,34,35). The summed E-state index contributed by atoms with van der Waals surface area (Å²) in [6.45, 7) is 0. The molecule has 1 amide bonds. The Balaban J connectivity index is 1.28. The fourth-order valence-corrected chi connectivity index (χ4v) is 4.28. The molecular weight excluding hydrogens is 454 g/mol. The summed E-state index contributed by atoms with van der Waals surface area (Å²) in [5.74, 6) is 0.753. The lowest BCUT2D eigenvalue weighted by Gasteiger charge is -2.06. The van der Waals surface area contributed by atoms with E-state index in [-0.39, 0.29) is 11.8 Å². The van der Waals surface area contributed by atoms with Crippen LogP contribution in [0.1, 0.15) is 12.8 Å². The van der Waals surface area contributed by atoms with Crippen molar-refractivity contribution in [2.45, 2.75) is 12.8 Å². The van der Waals surface area contributed by atoms with Gasteiger partial charge in [0.1, 0.15) is 11.2 Å². The second kappa shape index (κ2) is 8.05. The highest BCUT2D eigenvalue weighted by Crippen LogP contribution is 2.33. The number of pyridine rings is 4. The van der Waals surface area contributed by atoms with Gasteiger partial charge < -0.3 is 10.3 Å². The number of carbonyl (C=O) groups excluding carboxylic acids is 1. The summed E-state index contributed by atoms with van der Waals surface area (Å²) in [6, 6.07) is 9.71. The van der Waals surface area contributed by atoms with Crippen LogP contribution in [0.2, 0.25) is 0 Å². The zero-order valence-electron chi connectivity index (χ0n) is 18.9. The smallest absolute Gasteiger partial charge is 0.227 e. The Morgan fingerprint density at radius 2 is 1.81 bits per heavy atom. The van der Waals surface area contributed by atoms with E-state index < -0.39 is 0 Å². The second-order valence-corrected chi connectivity index (χ2v) is 8.80. The first-order chi connectivity index (χ1) is 17.7. The van der Waals surface area contributed by atoms with Gasteiger partial charge in [-0.3, -0.25) is 19.9 Å². The van der Waals surface area contributed by atoms with E-state index in [2.05, 4.69) is 40.4 Å². The van der Waals surface area contributed by atoms with Gasteiger partial charge in [-0.25, -0.2) is 15.0 Å². The average molecular weight is 474 g/mol. The molecule has 10 heteroatoms. The van der Waals surface area contributed by atoms with Crippen LogP contribution in [0.3, 0.4) is 0 Å². The molecule has 0 aliphatic heterocycles. The Morgan fingerprint density at radius 1 is 0.917 bits per heavy atom. The van der Waals surface area contributed by atoms with Gasteiger partial charge in [0.2, 0.25) is 5.91 Å². The highest BCUT2D eigenvalue weighted by Gasteiger charge is 2.29. The van der Waals surface area contributed by atoms with Gasteiger partial charge in [0.05, 0.1) is 17.3 Å². The van der Waals surface area contributed by atoms with Crippen LogP contribution >= 0.6 is 0 Å². The van der Waals surface area contributed by atoms with E-state index in [0.717, 1.165) is 46.0 Å². The Labute approximate surface area is 204 Å². The number of anilines is 1. The van der Waals surface area contributed by atoms with Crippen LogP contribution < -0.4 is 5.32 Å². The molecule has 36 heavy (non-hydrogen) atoms. The topological polar surface area (TPSA) is 138 Å². The number of amides is 1. The molecule has 1 saturated carbocycles. The molecule has 0 bridgehead atoms. The molecule has 0 unspecified atom stereocenters. The van der Waals surface area contributed by atoms with Crippen molar-refractivity contribution >= 4 is 33.8 Å². The van der Waals surface area contributed by atoms with Crippen LogP contribution in [0.25, 0.3) is 56.0 Å². The minimum Gasteiger partial charge on any atom is -0.324 e. The Kier molecular flexibility index (Phi) is 4.56. The van der Waals surface area contributed by atoms with E-state index in [1.165, 1.54) is 0 Å². The van der Waals surface area contributed by atoms with E-state index in [1.54, 1.807) is 37.2 Å². The van der Waals surface area contributed by atoms with Crippen molar-refractivity contribution in [3.63, 3.8) is 0 Å². The highest BCUT2D eigenvalue weighted by atomic mass is 16.2. The maximum atomic E-state index is 12.2. The zero-order chi connectivity index (χ0) is 24.1. The quantitative estimate of drug-likeness (QED) is 0.338. The van der Waals surface area contributed by atoms with Crippen molar-refractivity contribution < 1.29 is 4.79 Å². The number of nitrogens with zero attached hydrogens (tertiary/aromatic N) is 6. The normalized spacial score (nSPS) is 13.3. The van der Waals surface area contributed by atoms with Crippen LogP contribution in [-0.4, -0.2) is 46.0 Å². The summed E-state index contributed by atoms with van der Waals surface area (Å²) < 4.78 is 0. The monoisotopic (exact) mass is 473 g/mol. The maximum absolute atomic E-state index is 12.2. The molecule has 0 aromatic carbocycles. The first-order valence-corrected chi connectivity index (χ1v) is 11.6. The maximum Gasteiger partial charge on any atom is 0.227 e. The van der Waals surface area contributed by atoms with Crippen LogP contribution in [-0.2, 0) is 4.79 Å². The molecule has 6 aromatic rings. The number of imidazole rings is 1. The third kappa shape index (κ3) is 3.56. The fourth-order valence-electron chi connectivity index (χ4n) is 4.28. The predicted molar refractivity (Wildman–Crippen MR) is 135 cm³/mol. The number of nitrogens with one attached hydrogen (secondary N) is 3. The van der Waals surface area contributed by atoms with Crippen LogP contribution in [0.4, 0.5) is 5.69 Å². The predicted octanol–water partition coefficient (Wildman–Crippen LogP) is 4.37. The van der Waals surface area contributed by atoms with Gasteiger partial charge in [-0.15, -0.1) is 0 Å². The average Bonchev–Trinajstić information content (AvgIpc) is 3.55. The van der Waals surface area contributed by atoms with E-state index >= 15 is 0 Å². The summed E-state index contributed by atoms with van der Waals surface area (Å²) in [4.78, 5) is 37.8. The minimum atomic E-state index is 0.0452. The van der Waals surface area contributed by atoms with Gasteiger partial charge in [-0.2, -0.15) is 5.10 Å². The van der Waals surface area contributed by atoms with Crippen LogP contribution in [0.5, 0.6) is 0 Å². The summed E-state index contributed by atoms with van der Waals surface area (Å²) in [7, 11) is 0. The summed E-state index contributed by atoms with van der Waals surface area (Å²) in [5.41, 5.74) is 6.94. The first-order valence-electron chi connectivity index (χ1n) is 11.6. The third-order valence-electron chi connectivity index (χ3n) is 6.29. The van der Waals surface area contributed by atoms with Crippen LogP contribution in [0, 0.1) is 5.92 Å². The number of aromatic nitrogens is 8. The van der Waals surface area contributed by atoms with E-state index in [9.17, 15) is 4.79 Å². The number of aromatic amines is 2. The van der Waals surface area contributed by atoms with Crippen molar-refractivity contribution in [3.8, 4) is 33.8 Å². The molecule has 1 aliphatic carbocycles.